The molecule has 0 aliphatic heterocycles. The van der Waals surface area contributed by atoms with E-state index in [1.54, 1.807) is 12.1 Å². The number of hydrogen-bond acceptors (Lipinski definition) is 6. The number of ether oxygens (including phenoxy) is 2. The number of aliphatic hydroxyl groups is 1. The van der Waals surface area contributed by atoms with E-state index in [0.29, 0.717) is 41.8 Å². The van der Waals surface area contributed by atoms with E-state index in [1.807, 2.05) is 46.8 Å². The van der Waals surface area contributed by atoms with E-state index in [0.717, 1.165) is 56.8 Å². The summed E-state index contributed by atoms with van der Waals surface area (Å²) >= 11 is 0. The minimum Gasteiger partial charge on any atom is -0.508 e. The van der Waals surface area contributed by atoms with Crippen molar-refractivity contribution in [3.05, 3.63) is 29.8 Å². The fraction of sp³-hybridized carbons (Fsp3) is 0.822. The third-order valence-electron chi connectivity index (χ3n) is 14.3. The van der Waals surface area contributed by atoms with Gasteiger partial charge in [0.25, 0.3) is 0 Å². The molecule has 0 aromatic heterocycles. The molecule has 0 radical (unpaired) electrons. The van der Waals surface area contributed by atoms with Crippen LogP contribution in [-0.4, -0.2) is 39.0 Å². The molecule has 3 atom stereocenters. The molecule has 0 heterocycles. The predicted octanol–water partition coefficient (Wildman–Crippen LogP) is 11.4. The number of carbonyl (C=O) groups excluding carboxylic acids is 2. The van der Waals surface area contributed by atoms with Crippen molar-refractivity contribution in [2.45, 2.75) is 190 Å². The lowest BCUT2D eigenvalue weighted by atomic mass is 9.50. The summed E-state index contributed by atoms with van der Waals surface area (Å²) in [5, 5.41) is 19.7. The SMILES string of the molecule is C.C.CCC(C)(C)C(=O)OC1(C)C2CC3CC(C2)CC1C3.CCC(C)(C)C(=O)OC12CC3CC(CC(O)(C3)C1)C2.CCC(C)c1ccc(O)cc1. The average molecular weight is 713 g/mol. The Kier molecular flexibility index (Phi) is 13.7. The third kappa shape index (κ3) is 9.36. The van der Waals surface area contributed by atoms with Crippen LogP contribution in [0.25, 0.3) is 0 Å². The largest absolute Gasteiger partial charge is 0.508 e. The second-order valence-electron chi connectivity index (χ2n) is 19.0. The Labute approximate surface area is 312 Å². The minimum absolute atomic E-state index is 0. The Bertz CT molecular complexity index is 1270. The summed E-state index contributed by atoms with van der Waals surface area (Å²) < 4.78 is 12.1. The molecular weight excluding hydrogens is 636 g/mol. The summed E-state index contributed by atoms with van der Waals surface area (Å²) in [4.78, 5) is 24.9. The average Bonchev–Trinajstić information content (AvgIpc) is 3.02. The van der Waals surface area contributed by atoms with Gasteiger partial charge in [0.05, 0.1) is 16.4 Å². The van der Waals surface area contributed by atoms with Crippen LogP contribution in [0.1, 0.15) is 179 Å². The molecule has 6 heteroatoms. The molecule has 3 unspecified atom stereocenters. The van der Waals surface area contributed by atoms with Gasteiger partial charge in [0.15, 0.2) is 0 Å². The Morgan fingerprint density at radius 3 is 1.59 bits per heavy atom. The molecule has 8 aliphatic rings. The van der Waals surface area contributed by atoms with Gasteiger partial charge in [0, 0.05) is 6.42 Å². The molecule has 0 spiro atoms. The van der Waals surface area contributed by atoms with E-state index >= 15 is 0 Å². The highest BCUT2D eigenvalue weighted by Gasteiger charge is 2.60. The minimum atomic E-state index is -0.555. The normalized spacial score (nSPS) is 35.9. The first-order valence-corrected chi connectivity index (χ1v) is 19.8. The second-order valence-corrected chi connectivity index (χ2v) is 19.0. The summed E-state index contributed by atoms with van der Waals surface area (Å²) in [5.74, 6) is 5.09. The van der Waals surface area contributed by atoms with Gasteiger partial charge in [-0.1, -0.05) is 54.7 Å². The van der Waals surface area contributed by atoms with Gasteiger partial charge >= 0.3 is 11.9 Å². The highest BCUT2D eigenvalue weighted by atomic mass is 16.6. The zero-order valence-corrected chi connectivity index (χ0v) is 32.3. The number of aromatic hydroxyl groups is 1. The number of hydrogen-bond donors (Lipinski definition) is 2. The van der Waals surface area contributed by atoms with Crippen LogP contribution in [0.4, 0.5) is 0 Å². The van der Waals surface area contributed by atoms with Gasteiger partial charge in [0.2, 0.25) is 0 Å². The second kappa shape index (κ2) is 16.1. The molecule has 9 rings (SSSR count). The molecule has 6 nitrogen and oxygen atoms in total. The lowest BCUT2D eigenvalue weighted by Gasteiger charge is -2.59. The lowest BCUT2D eigenvalue weighted by molar-refractivity contribution is -0.225. The first-order chi connectivity index (χ1) is 22.8. The molecule has 1 aromatic rings. The number of phenols is 1. The van der Waals surface area contributed by atoms with Gasteiger partial charge in [0.1, 0.15) is 17.0 Å². The summed E-state index contributed by atoms with van der Waals surface area (Å²) in [5.41, 5.74) is -0.533. The first kappa shape index (κ1) is 43.3. The van der Waals surface area contributed by atoms with Crippen molar-refractivity contribution in [2.75, 3.05) is 0 Å². The maximum absolute atomic E-state index is 12.5. The van der Waals surface area contributed by atoms with Gasteiger partial charge in [-0.05, 0) is 177 Å². The van der Waals surface area contributed by atoms with Crippen LogP contribution in [0.15, 0.2) is 24.3 Å². The third-order valence-corrected chi connectivity index (χ3v) is 14.3. The lowest BCUT2D eigenvalue weighted by Crippen LogP contribution is -2.61. The fourth-order valence-corrected chi connectivity index (χ4v) is 10.5. The highest BCUT2D eigenvalue weighted by molar-refractivity contribution is 5.76. The fourth-order valence-electron chi connectivity index (χ4n) is 10.5. The van der Waals surface area contributed by atoms with Gasteiger partial charge in [-0.15, -0.1) is 0 Å². The van der Waals surface area contributed by atoms with Crippen LogP contribution in [0.3, 0.4) is 0 Å². The van der Waals surface area contributed by atoms with Crippen molar-refractivity contribution in [1.82, 2.24) is 0 Å². The molecule has 8 aliphatic carbocycles. The van der Waals surface area contributed by atoms with Crippen LogP contribution >= 0.6 is 0 Å². The predicted molar refractivity (Wildman–Crippen MR) is 208 cm³/mol. The zero-order valence-electron chi connectivity index (χ0n) is 32.3. The summed E-state index contributed by atoms with van der Waals surface area (Å²) in [6.07, 6.45) is 15.1. The van der Waals surface area contributed by atoms with Crippen LogP contribution in [0, 0.1) is 46.3 Å². The van der Waals surface area contributed by atoms with Crippen molar-refractivity contribution in [3.8, 4) is 5.75 Å². The van der Waals surface area contributed by atoms with E-state index in [2.05, 4.69) is 27.7 Å². The van der Waals surface area contributed by atoms with Crippen molar-refractivity contribution < 1.29 is 29.3 Å². The molecule has 8 bridgehead atoms. The number of benzene rings is 1. The van der Waals surface area contributed by atoms with Crippen LogP contribution in [0.2, 0.25) is 0 Å². The molecule has 0 amide bonds. The summed E-state index contributed by atoms with van der Waals surface area (Å²) in [6.45, 7) is 18.6. The molecule has 8 saturated carbocycles. The van der Waals surface area contributed by atoms with Crippen LogP contribution in [0.5, 0.6) is 5.75 Å². The van der Waals surface area contributed by atoms with Gasteiger partial charge < -0.3 is 19.7 Å². The molecule has 8 fully saturated rings. The smallest absolute Gasteiger partial charge is 0.312 e. The molecule has 51 heavy (non-hydrogen) atoms. The topological polar surface area (TPSA) is 93.1 Å². The monoisotopic (exact) mass is 713 g/mol. The molecule has 292 valence electrons. The Hall–Kier alpha value is -2.08. The van der Waals surface area contributed by atoms with Crippen molar-refractivity contribution >= 4 is 11.9 Å². The molecule has 0 saturated heterocycles. The highest BCUT2D eigenvalue weighted by Crippen LogP contribution is 2.60. The maximum Gasteiger partial charge on any atom is 0.312 e. The number of rotatable bonds is 8. The van der Waals surface area contributed by atoms with Crippen molar-refractivity contribution in [3.63, 3.8) is 0 Å². The van der Waals surface area contributed by atoms with E-state index in [9.17, 15) is 14.7 Å². The maximum atomic E-state index is 12.5. The van der Waals surface area contributed by atoms with E-state index < -0.39 is 11.0 Å². The van der Waals surface area contributed by atoms with E-state index in [-0.39, 0.29) is 43.4 Å². The Morgan fingerprint density at radius 1 is 0.745 bits per heavy atom. The Balaban J connectivity index is 0.000000210. The number of phenolic OH excluding ortho intramolecular Hbond substituents is 1. The van der Waals surface area contributed by atoms with Crippen molar-refractivity contribution in [1.29, 1.82) is 0 Å². The Morgan fingerprint density at radius 2 is 1.18 bits per heavy atom. The van der Waals surface area contributed by atoms with Gasteiger partial charge in [-0.25, -0.2) is 0 Å². The van der Waals surface area contributed by atoms with E-state index in [1.165, 1.54) is 44.1 Å². The standard InChI is InChI=1S/C17H28O2.C16H26O3.C10H14O.2CH4/c1-5-16(2,3)15(18)19-17(4)13-7-11-6-12(9-13)10-14(17)8-11;1-4-14(2,3)13(17)19-16-8-11-5-12(9-16)7-15(18,6-11)10-16;1-3-8(2)9-4-6-10(11)7-5-9;;/h11-14H,5-10H2,1-4H3;11-12,18H,4-10H2,1-3H3;4-8,11H,3H2,1-2H3;2*1H4. The quantitative estimate of drug-likeness (QED) is 0.261. The first-order valence-electron chi connectivity index (χ1n) is 19.8. The molecule has 1 aromatic carbocycles. The number of esters is 2. The zero-order chi connectivity index (χ0) is 36.0. The summed E-state index contributed by atoms with van der Waals surface area (Å²) in [6, 6.07) is 7.43. The van der Waals surface area contributed by atoms with Crippen LogP contribution in [-0.2, 0) is 19.1 Å². The molecule has 2 N–H and O–H groups in total. The van der Waals surface area contributed by atoms with E-state index in [4.69, 9.17) is 14.6 Å². The van der Waals surface area contributed by atoms with Crippen LogP contribution < -0.4 is 0 Å². The van der Waals surface area contributed by atoms with Gasteiger partial charge in [-0.2, -0.15) is 0 Å². The summed E-state index contributed by atoms with van der Waals surface area (Å²) in [7, 11) is 0. The van der Waals surface area contributed by atoms with Crippen molar-refractivity contribution in [2.24, 2.45) is 46.3 Å². The number of carbonyl (C=O) groups is 2. The molecular formula is C45H76O6. The van der Waals surface area contributed by atoms with Gasteiger partial charge in [-0.3, -0.25) is 9.59 Å².